The van der Waals surface area contributed by atoms with Gasteiger partial charge in [0, 0.05) is 11.8 Å². The summed E-state index contributed by atoms with van der Waals surface area (Å²) in [5, 5.41) is 12.2. The zero-order valence-electron chi connectivity index (χ0n) is 15.3. The standard InChI is InChI=1S/C17H19BN2O7S/c1-3-26-17(21)19-15-9-13(25-2)6-7-16(15)28(23,24)20-12-5-4-11-10-27-18(22)14(11)8-12/h4-9,20,22H,3,10H2,1-2H3,(H,19,21). The van der Waals surface area contributed by atoms with Crippen molar-refractivity contribution < 1.29 is 32.4 Å². The lowest BCUT2D eigenvalue weighted by molar-refractivity contribution is 0.168. The number of carbonyl (C=O) groups is 1. The Morgan fingerprint density at radius 3 is 2.79 bits per heavy atom. The molecule has 2 aromatic carbocycles. The number of methoxy groups -OCH3 is 1. The molecule has 1 amide bonds. The molecular formula is C17H19BN2O7S. The second-order valence-corrected chi connectivity index (χ2v) is 7.54. The zero-order valence-corrected chi connectivity index (χ0v) is 16.1. The minimum atomic E-state index is -4.06. The number of hydrogen-bond donors (Lipinski definition) is 3. The van der Waals surface area contributed by atoms with Crippen molar-refractivity contribution in [3.63, 3.8) is 0 Å². The third kappa shape index (κ3) is 4.21. The first-order valence-electron chi connectivity index (χ1n) is 8.41. The fraction of sp³-hybridized carbons (Fsp3) is 0.235. The summed E-state index contributed by atoms with van der Waals surface area (Å²) in [5.74, 6) is 0.364. The van der Waals surface area contributed by atoms with E-state index in [-0.39, 0.29) is 29.5 Å². The van der Waals surface area contributed by atoms with Gasteiger partial charge in [0.1, 0.15) is 10.6 Å². The van der Waals surface area contributed by atoms with Crippen LogP contribution in [0.5, 0.6) is 5.75 Å². The summed E-state index contributed by atoms with van der Waals surface area (Å²) in [6.07, 6.45) is -0.787. The van der Waals surface area contributed by atoms with Crippen LogP contribution in [0.15, 0.2) is 41.3 Å². The molecule has 2 aromatic rings. The van der Waals surface area contributed by atoms with Gasteiger partial charge >= 0.3 is 13.2 Å². The van der Waals surface area contributed by atoms with Gasteiger partial charge in [-0.1, -0.05) is 6.07 Å². The Kier molecular flexibility index (Phi) is 5.77. The average molecular weight is 406 g/mol. The van der Waals surface area contributed by atoms with Crippen molar-refractivity contribution in [3.8, 4) is 5.75 Å². The van der Waals surface area contributed by atoms with Gasteiger partial charge in [0.2, 0.25) is 0 Å². The van der Waals surface area contributed by atoms with E-state index in [1.54, 1.807) is 19.1 Å². The molecule has 0 saturated heterocycles. The minimum Gasteiger partial charge on any atom is -0.497 e. The highest BCUT2D eigenvalue weighted by atomic mass is 32.2. The normalized spacial score (nSPS) is 13.0. The van der Waals surface area contributed by atoms with Gasteiger partial charge in [0.25, 0.3) is 10.0 Å². The smallest absolute Gasteiger partial charge is 0.491 e. The lowest BCUT2D eigenvalue weighted by atomic mass is 9.79. The molecule has 0 bridgehead atoms. The minimum absolute atomic E-state index is 0.00910. The molecule has 0 fully saturated rings. The van der Waals surface area contributed by atoms with Gasteiger partial charge < -0.3 is 19.2 Å². The van der Waals surface area contributed by atoms with Crippen LogP contribution < -0.4 is 20.2 Å². The molecule has 148 valence electrons. The van der Waals surface area contributed by atoms with E-state index in [1.807, 2.05) is 0 Å². The highest BCUT2D eigenvalue weighted by Crippen LogP contribution is 2.28. The molecule has 0 aromatic heterocycles. The van der Waals surface area contributed by atoms with Gasteiger partial charge in [-0.3, -0.25) is 10.0 Å². The number of amides is 1. The second-order valence-electron chi connectivity index (χ2n) is 5.89. The van der Waals surface area contributed by atoms with Crippen LogP contribution in [0, 0.1) is 0 Å². The van der Waals surface area contributed by atoms with Crippen LogP contribution in [0.25, 0.3) is 0 Å². The third-order valence-corrected chi connectivity index (χ3v) is 5.49. The van der Waals surface area contributed by atoms with E-state index in [4.69, 9.17) is 14.1 Å². The summed E-state index contributed by atoms with van der Waals surface area (Å²) >= 11 is 0. The molecule has 0 unspecified atom stereocenters. The molecule has 1 heterocycles. The van der Waals surface area contributed by atoms with E-state index in [1.165, 1.54) is 31.4 Å². The Labute approximate surface area is 162 Å². The van der Waals surface area contributed by atoms with E-state index in [2.05, 4.69) is 10.0 Å². The number of rotatable bonds is 6. The second kappa shape index (κ2) is 8.09. The summed E-state index contributed by atoms with van der Waals surface area (Å²) in [6, 6.07) is 8.91. The van der Waals surface area contributed by atoms with Gasteiger partial charge in [0.05, 0.1) is 26.0 Å². The molecule has 0 aliphatic carbocycles. The third-order valence-electron chi connectivity index (χ3n) is 4.05. The molecule has 11 heteroatoms. The molecule has 1 aliphatic rings. The van der Waals surface area contributed by atoms with Crippen LogP contribution >= 0.6 is 0 Å². The van der Waals surface area contributed by atoms with Crippen molar-refractivity contribution in [2.75, 3.05) is 23.8 Å². The molecule has 3 N–H and O–H groups in total. The maximum atomic E-state index is 12.9. The largest absolute Gasteiger partial charge is 0.497 e. The molecule has 1 aliphatic heterocycles. The summed E-state index contributed by atoms with van der Waals surface area (Å²) in [6.45, 7) is 2.03. The fourth-order valence-electron chi connectivity index (χ4n) is 2.73. The summed E-state index contributed by atoms with van der Waals surface area (Å²) < 4.78 is 43.3. The molecule has 9 nitrogen and oxygen atoms in total. The number of carbonyl (C=O) groups excluding carboxylic acids is 1. The van der Waals surface area contributed by atoms with Gasteiger partial charge in [-0.15, -0.1) is 0 Å². The van der Waals surface area contributed by atoms with Crippen molar-refractivity contribution in [1.29, 1.82) is 0 Å². The molecule has 28 heavy (non-hydrogen) atoms. The Bertz CT molecular complexity index is 997. The van der Waals surface area contributed by atoms with Gasteiger partial charge in [-0.25, -0.2) is 13.2 Å². The SMILES string of the molecule is CCOC(=O)Nc1cc(OC)ccc1S(=O)(=O)Nc1ccc2c(c1)B(O)OC2. The Hall–Kier alpha value is -2.76. The Morgan fingerprint density at radius 1 is 1.29 bits per heavy atom. The van der Waals surface area contributed by atoms with E-state index < -0.39 is 23.2 Å². The number of nitrogens with one attached hydrogen (secondary N) is 2. The predicted octanol–water partition coefficient (Wildman–Crippen LogP) is 1.28. The molecule has 0 spiro atoms. The van der Waals surface area contributed by atoms with E-state index in [9.17, 15) is 18.2 Å². The van der Waals surface area contributed by atoms with Crippen LogP contribution in [0.1, 0.15) is 12.5 Å². The molecule has 3 rings (SSSR count). The fourth-order valence-corrected chi connectivity index (χ4v) is 3.93. The Balaban J connectivity index is 1.93. The molecular weight excluding hydrogens is 387 g/mol. The maximum absolute atomic E-state index is 12.9. The van der Waals surface area contributed by atoms with Crippen molar-refractivity contribution in [3.05, 3.63) is 42.0 Å². The highest BCUT2D eigenvalue weighted by Gasteiger charge is 2.28. The van der Waals surface area contributed by atoms with Gasteiger partial charge in [0.15, 0.2) is 0 Å². The monoisotopic (exact) mass is 406 g/mol. The number of ether oxygens (including phenoxy) is 2. The first-order valence-corrected chi connectivity index (χ1v) is 9.89. The number of anilines is 2. The van der Waals surface area contributed by atoms with Crippen LogP contribution in [0.2, 0.25) is 0 Å². The molecule has 0 atom stereocenters. The van der Waals surface area contributed by atoms with Gasteiger partial charge in [-0.2, -0.15) is 0 Å². The zero-order chi connectivity index (χ0) is 20.3. The van der Waals surface area contributed by atoms with Crippen molar-refractivity contribution in [2.24, 2.45) is 0 Å². The lowest BCUT2D eigenvalue weighted by Crippen LogP contribution is -2.28. The van der Waals surface area contributed by atoms with Crippen molar-refractivity contribution in [1.82, 2.24) is 0 Å². The summed E-state index contributed by atoms with van der Waals surface area (Å²) in [7, 11) is -3.73. The van der Waals surface area contributed by atoms with E-state index >= 15 is 0 Å². The first kappa shape index (κ1) is 20.0. The van der Waals surface area contributed by atoms with E-state index in [0.717, 1.165) is 5.56 Å². The van der Waals surface area contributed by atoms with Crippen LogP contribution in [-0.4, -0.2) is 40.4 Å². The number of sulfonamides is 1. The average Bonchev–Trinajstić information content (AvgIpc) is 3.02. The highest BCUT2D eigenvalue weighted by molar-refractivity contribution is 7.92. The maximum Gasteiger partial charge on any atom is 0.491 e. The van der Waals surface area contributed by atoms with E-state index in [0.29, 0.717) is 11.2 Å². The number of hydrogen-bond acceptors (Lipinski definition) is 7. The first-order chi connectivity index (χ1) is 13.3. The topological polar surface area (TPSA) is 123 Å². The quantitative estimate of drug-likeness (QED) is 0.618. The molecule has 0 radical (unpaired) electrons. The number of benzene rings is 2. The van der Waals surface area contributed by atoms with Gasteiger partial charge in [-0.05, 0) is 42.2 Å². The summed E-state index contributed by atoms with van der Waals surface area (Å²) in [4.78, 5) is 11.6. The predicted molar refractivity (Wildman–Crippen MR) is 103 cm³/mol. The Morgan fingerprint density at radius 2 is 2.07 bits per heavy atom. The van der Waals surface area contributed by atoms with Crippen LogP contribution in [-0.2, 0) is 26.0 Å². The van der Waals surface area contributed by atoms with Crippen LogP contribution in [0.3, 0.4) is 0 Å². The van der Waals surface area contributed by atoms with Crippen molar-refractivity contribution >= 4 is 40.1 Å². The van der Waals surface area contributed by atoms with Crippen LogP contribution in [0.4, 0.5) is 16.2 Å². The summed E-state index contributed by atoms with van der Waals surface area (Å²) in [5.41, 5.74) is 1.54. The van der Waals surface area contributed by atoms with Crippen molar-refractivity contribution in [2.45, 2.75) is 18.4 Å². The molecule has 0 saturated carbocycles. The lowest BCUT2D eigenvalue weighted by Gasteiger charge is -2.15. The number of fused-ring (bicyclic) bond motifs is 1.